The normalized spacial score (nSPS) is 14.5. The van der Waals surface area contributed by atoms with Crippen LogP contribution in [0.15, 0.2) is 73.2 Å². The molecule has 1 unspecified atom stereocenters. The molecular formula is C29H27F2N5O3. The number of primary amides is 1. The number of nitrogens with two attached hydrogens (primary N) is 1. The SMILES string of the molecule is CCC(c1ccc(F)cc1)N(C(=O)C1(C(N)=O)CC1)c1ccc(Oc2ccnc(-c3cnn(C)c3)c2)c(F)c1. The number of nitrogens with zero attached hydrogens (tertiary/aromatic N) is 4. The number of pyridine rings is 1. The number of anilines is 1. The summed E-state index contributed by atoms with van der Waals surface area (Å²) in [6, 6.07) is 12.6. The molecule has 1 atom stereocenters. The third-order valence-electron chi connectivity index (χ3n) is 6.96. The number of benzene rings is 2. The second-order valence-electron chi connectivity index (χ2n) is 9.59. The zero-order valence-corrected chi connectivity index (χ0v) is 21.5. The maximum atomic E-state index is 15.4. The highest BCUT2D eigenvalue weighted by atomic mass is 19.1. The van der Waals surface area contributed by atoms with E-state index >= 15 is 4.39 Å². The second kappa shape index (κ2) is 10.3. The lowest BCUT2D eigenvalue weighted by molar-refractivity contribution is -0.134. The van der Waals surface area contributed by atoms with Gasteiger partial charge in [0.1, 0.15) is 17.0 Å². The maximum absolute atomic E-state index is 15.4. The highest BCUT2D eigenvalue weighted by molar-refractivity contribution is 6.14. The van der Waals surface area contributed by atoms with E-state index < -0.39 is 34.9 Å². The van der Waals surface area contributed by atoms with Gasteiger partial charge in [0.15, 0.2) is 11.6 Å². The number of amides is 2. The number of rotatable bonds is 9. The lowest BCUT2D eigenvalue weighted by Gasteiger charge is -2.34. The van der Waals surface area contributed by atoms with Gasteiger partial charge in [-0.2, -0.15) is 5.10 Å². The first kappa shape index (κ1) is 26.0. The monoisotopic (exact) mass is 531 g/mol. The molecule has 39 heavy (non-hydrogen) atoms. The Hall–Kier alpha value is -4.60. The van der Waals surface area contributed by atoms with Crippen molar-refractivity contribution in [3.8, 4) is 22.8 Å². The summed E-state index contributed by atoms with van der Waals surface area (Å²) in [5, 5.41) is 4.14. The number of carbonyl (C=O) groups is 2. The van der Waals surface area contributed by atoms with Gasteiger partial charge in [-0.15, -0.1) is 0 Å². The molecule has 1 saturated carbocycles. The zero-order chi connectivity index (χ0) is 27.7. The third-order valence-corrected chi connectivity index (χ3v) is 6.96. The molecule has 200 valence electrons. The summed E-state index contributed by atoms with van der Waals surface area (Å²) in [6.07, 6.45) is 6.09. The molecule has 0 saturated heterocycles. The van der Waals surface area contributed by atoms with E-state index in [0.29, 0.717) is 36.3 Å². The Morgan fingerprint density at radius 1 is 1.13 bits per heavy atom. The van der Waals surface area contributed by atoms with Crippen molar-refractivity contribution in [3.05, 3.63) is 90.4 Å². The fraction of sp³-hybridized carbons (Fsp3) is 0.241. The molecule has 10 heteroatoms. The molecule has 2 aromatic carbocycles. The van der Waals surface area contributed by atoms with Crippen molar-refractivity contribution in [2.24, 2.45) is 18.2 Å². The van der Waals surface area contributed by atoms with E-state index in [-0.39, 0.29) is 11.4 Å². The molecule has 0 spiro atoms. The summed E-state index contributed by atoms with van der Waals surface area (Å²) in [5.41, 5.74) is 6.54. The number of hydrogen-bond acceptors (Lipinski definition) is 5. The molecule has 4 aromatic rings. The van der Waals surface area contributed by atoms with E-state index in [1.54, 1.807) is 60.7 Å². The van der Waals surface area contributed by atoms with Crippen LogP contribution in [-0.4, -0.2) is 26.6 Å². The Balaban J connectivity index is 1.48. The third kappa shape index (κ3) is 5.09. The lowest BCUT2D eigenvalue weighted by Crippen LogP contribution is -2.45. The van der Waals surface area contributed by atoms with Crippen LogP contribution >= 0.6 is 0 Å². The van der Waals surface area contributed by atoms with Gasteiger partial charge in [-0.05, 0) is 55.2 Å². The molecule has 1 aliphatic rings. The second-order valence-corrected chi connectivity index (χ2v) is 9.59. The molecule has 2 N–H and O–H groups in total. The summed E-state index contributed by atoms with van der Waals surface area (Å²) in [5.74, 6) is -2.03. The van der Waals surface area contributed by atoms with Gasteiger partial charge in [0.2, 0.25) is 11.8 Å². The van der Waals surface area contributed by atoms with Crippen molar-refractivity contribution in [3.63, 3.8) is 0 Å². The highest BCUT2D eigenvalue weighted by Crippen LogP contribution is 2.49. The quantitative estimate of drug-likeness (QED) is 0.295. The van der Waals surface area contributed by atoms with Crippen LogP contribution in [0.4, 0.5) is 14.5 Å². The van der Waals surface area contributed by atoms with Crippen molar-refractivity contribution >= 4 is 17.5 Å². The van der Waals surface area contributed by atoms with E-state index in [1.165, 1.54) is 29.2 Å². The molecule has 0 aliphatic heterocycles. The maximum Gasteiger partial charge on any atom is 0.243 e. The van der Waals surface area contributed by atoms with Crippen LogP contribution in [0.3, 0.4) is 0 Å². The number of aromatic nitrogens is 3. The molecule has 1 aliphatic carbocycles. The number of halogens is 2. The first-order valence-corrected chi connectivity index (χ1v) is 12.5. The van der Waals surface area contributed by atoms with E-state index in [0.717, 1.165) is 5.56 Å². The van der Waals surface area contributed by atoms with Gasteiger partial charge in [0.25, 0.3) is 0 Å². The largest absolute Gasteiger partial charge is 0.454 e. The fourth-order valence-electron chi connectivity index (χ4n) is 4.65. The van der Waals surface area contributed by atoms with E-state index in [9.17, 15) is 14.0 Å². The minimum Gasteiger partial charge on any atom is -0.454 e. The van der Waals surface area contributed by atoms with Crippen LogP contribution in [0, 0.1) is 17.0 Å². The van der Waals surface area contributed by atoms with Crippen molar-refractivity contribution in [2.75, 3.05) is 4.90 Å². The average molecular weight is 532 g/mol. The Kier molecular flexibility index (Phi) is 6.86. The van der Waals surface area contributed by atoms with Gasteiger partial charge in [-0.3, -0.25) is 19.3 Å². The predicted octanol–water partition coefficient (Wildman–Crippen LogP) is 5.30. The Labute approximate surface area is 224 Å². The number of aryl methyl sites for hydroxylation is 1. The number of ether oxygens (including phenoxy) is 1. The Bertz CT molecular complexity index is 1530. The predicted molar refractivity (Wildman–Crippen MR) is 141 cm³/mol. The van der Waals surface area contributed by atoms with Gasteiger partial charge in [0.05, 0.1) is 17.9 Å². The van der Waals surface area contributed by atoms with Crippen LogP contribution in [0.25, 0.3) is 11.3 Å². The van der Waals surface area contributed by atoms with Crippen molar-refractivity contribution < 1.29 is 23.1 Å². The van der Waals surface area contributed by atoms with Crippen LogP contribution in [-0.2, 0) is 16.6 Å². The molecule has 0 radical (unpaired) electrons. The topological polar surface area (TPSA) is 103 Å². The molecule has 8 nitrogen and oxygen atoms in total. The van der Waals surface area contributed by atoms with Gasteiger partial charge < -0.3 is 15.4 Å². The van der Waals surface area contributed by atoms with Gasteiger partial charge in [0, 0.05) is 42.8 Å². The minimum atomic E-state index is -1.33. The highest BCUT2D eigenvalue weighted by Gasteiger charge is 2.58. The molecule has 0 bridgehead atoms. The standard InChI is InChI=1S/C29H27F2N5O3/c1-3-25(18-4-6-20(30)7-5-18)36(28(38)29(11-12-29)27(32)37)21-8-9-26(23(31)14-21)39-22-10-13-33-24(15-22)19-16-34-35(2)17-19/h4-10,13-17,25H,3,11-12H2,1-2H3,(H2,32,37). The van der Waals surface area contributed by atoms with E-state index in [2.05, 4.69) is 10.1 Å². The first-order chi connectivity index (χ1) is 18.7. The smallest absolute Gasteiger partial charge is 0.243 e. The van der Waals surface area contributed by atoms with E-state index in [4.69, 9.17) is 10.5 Å². The van der Waals surface area contributed by atoms with Gasteiger partial charge >= 0.3 is 0 Å². The molecule has 2 heterocycles. The van der Waals surface area contributed by atoms with Crippen LogP contribution < -0.4 is 15.4 Å². The summed E-state index contributed by atoms with van der Waals surface area (Å²) < 4.78 is 36.5. The number of carbonyl (C=O) groups excluding carboxylic acids is 2. The number of hydrogen-bond donors (Lipinski definition) is 1. The summed E-state index contributed by atoms with van der Waals surface area (Å²) >= 11 is 0. The van der Waals surface area contributed by atoms with Crippen LogP contribution in [0.2, 0.25) is 0 Å². The van der Waals surface area contributed by atoms with E-state index in [1.807, 2.05) is 6.92 Å². The van der Waals surface area contributed by atoms with Gasteiger partial charge in [-0.25, -0.2) is 8.78 Å². The molecule has 2 aromatic heterocycles. The van der Waals surface area contributed by atoms with Crippen molar-refractivity contribution in [1.82, 2.24) is 14.8 Å². The zero-order valence-electron chi connectivity index (χ0n) is 21.5. The first-order valence-electron chi connectivity index (χ1n) is 12.5. The van der Waals surface area contributed by atoms with Crippen LogP contribution in [0.1, 0.15) is 37.8 Å². The fourth-order valence-corrected chi connectivity index (χ4v) is 4.65. The summed E-state index contributed by atoms with van der Waals surface area (Å²) in [6.45, 7) is 1.86. The Morgan fingerprint density at radius 2 is 1.87 bits per heavy atom. The molecular weight excluding hydrogens is 504 g/mol. The average Bonchev–Trinajstić information content (AvgIpc) is 3.64. The molecule has 2 amide bonds. The summed E-state index contributed by atoms with van der Waals surface area (Å²) in [4.78, 5) is 31.7. The molecule has 1 fully saturated rings. The minimum absolute atomic E-state index is 0.0552. The molecule has 5 rings (SSSR count). The van der Waals surface area contributed by atoms with Crippen molar-refractivity contribution in [1.29, 1.82) is 0 Å². The summed E-state index contributed by atoms with van der Waals surface area (Å²) in [7, 11) is 1.79. The Morgan fingerprint density at radius 3 is 2.46 bits per heavy atom. The van der Waals surface area contributed by atoms with Gasteiger partial charge in [-0.1, -0.05) is 19.1 Å². The van der Waals surface area contributed by atoms with Crippen LogP contribution in [0.5, 0.6) is 11.5 Å². The van der Waals surface area contributed by atoms with Crippen molar-refractivity contribution in [2.45, 2.75) is 32.2 Å². The lowest BCUT2D eigenvalue weighted by atomic mass is 9.97.